The van der Waals surface area contributed by atoms with Crippen molar-refractivity contribution in [2.75, 3.05) is 21.3 Å². The average Bonchev–Trinajstić information content (AvgIpc) is 2.73. The van der Waals surface area contributed by atoms with Gasteiger partial charge in [-0.2, -0.15) is 4.31 Å². The molecule has 6 nitrogen and oxygen atoms in total. The Balaban J connectivity index is 2.44. The van der Waals surface area contributed by atoms with Crippen LogP contribution in [-0.2, 0) is 23.1 Å². The molecule has 2 aromatic carbocycles. The Morgan fingerprint density at radius 1 is 0.931 bits per heavy atom. The number of ether oxygens (including phenoxy) is 3. The number of rotatable bonds is 10. The molecule has 0 saturated carbocycles. The van der Waals surface area contributed by atoms with Crippen LogP contribution in [0.3, 0.4) is 0 Å². The van der Waals surface area contributed by atoms with Crippen LogP contribution in [0.2, 0.25) is 0 Å². The molecule has 2 aromatic rings. The Bertz CT molecular complexity index is 933. The molecule has 0 aliphatic heterocycles. The van der Waals surface area contributed by atoms with E-state index in [0.29, 0.717) is 22.8 Å². The third-order valence-electron chi connectivity index (χ3n) is 4.74. The van der Waals surface area contributed by atoms with Gasteiger partial charge in [-0.3, -0.25) is 0 Å². The third kappa shape index (κ3) is 5.39. The quantitative estimate of drug-likeness (QED) is 0.574. The number of halogens is 1. The first-order valence-corrected chi connectivity index (χ1v) is 10.7. The first kappa shape index (κ1) is 23.0. The molecule has 1 unspecified atom stereocenters. The fourth-order valence-electron chi connectivity index (χ4n) is 2.94. The van der Waals surface area contributed by atoms with Gasteiger partial charge in [0, 0.05) is 24.7 Å². The summed E-state index contributed by atoms with van der Waals surface area (Å²) in [6.45, 7) is 3.38. The summed E-state index contributed by atoms with van der Waals surface area (Å²) < 4.78 is 57.1. The minimum atomic E-state index is -4.17. The summed E-state index contributed by atoms with van der Waals surface area (Å²) in [5.41, 5.74) is 0.264. The van der Waals surface area contributed by atoms with Crippen LogP contribution in [0.5, 0.6) is 17.2 Å². The second-order valence-corrected chi connectivity index (χ2v) is 8.66. The van der Waals surface area contributed by atoms with E-state index in [2.05, 4.69) is 0 Å². The molecule has 2 rings (SSSR count). The number of hydrogen-bond acceptors (Lipinski definition) is 5. The molecule has 1 atom stereocenters. The third-order valence-corrected chi connectivity index (χ3v) is 6.70. The number of methoxy groups -OCH3 is 3. The molecule has 0 bridgehead atoms. The van der Waals surface area contributed by atoms with Gasteiger partial charge >= 0.3 is 0 Å². The van der Waals surface area contributed by atoms with E-state index in [1.54, 1.807) is 37.4 Å². The maximum absolute atomic E-state index is 14.4. The van der Waals surface area contributed by atoms with Crippen LogP contribution >= 0.6 is 0 Å². The van der Waals surface area contributed by atoms with Gasteiger partial charge in [-0.1, -0.05) is 19.1 Å². The van der Waals surface area contributed by atoms with Crippen LogP contribution < -0.4 is 14.2 Å². The summed E-state index contributed by atoms with van der Waals surface area (Å²) in [7, 11) is 0.423. The highest BCUT2D eigenvalue weighted by Gasteiger charge is 2.32. The molecule has 0 spiro atoms. The summed E-state index contributed by atoms with van der Waals surface area (Å²) in [6.07, 6.45) is -0.125. The van der Waals surface area contributed by atoms with Gasteiger partial charge in [0.05, 0.1) is 21.3 Å². The molecule has 0 N–H and O–H groups in total. The van der Waals surface area contributed by atoms with Crippen LogP contribution in [0, 0.1) is 6.92 Å². The van der Waals surface area contributed by atoms with Gasteiger partial charge in [-0.25, -0.2) is 12.8 Å². The van der Waals surface area contributed by atoms with E-state index in [-0.39, 0.29) is 19.5 Å². The molecule has 0 radical (unpaired) electrons. The highest BCUT2D eigenvalue weighted by atomic mass is 32.2. The zero-order valence-corrected chi connectivity index (χ0v) is 18.3. The molecule has 0 fully saturated rings. The number of alkyl halides is 1. The summed E-state index contributed by atoms with van der Waals surface area (Å²) in [5, 5.41) is 0. The molecule has 29 heavy (non-hydrogen) atoms. The lowest BCUT2D eigenvalue weighted by Gasteiger charge is -2.25. The van der Waals surface area contributed by atoms with E-state index in [4.69, 9.17) is 14.2 Å². The topological polar surface area (TPSA) is 65.1 Å². The minimum absolute atomic E-state index is 0.0264. The lowest BCUT2D eigenvalue weighted by Crippen LogP contribution is -2.36. The molecule has 8 heteroatoms. The van der Waals surface area contributed by atoms with Gasteiger partial charge in [-0.15, -0.1) is 0 Å². The van der Waals surface area contributed by atoms with Crippen molar-refractivity contribution in [2.45, 2.75) is 38.9 Å². The Kier molecular flexibility index (Phi) is 7.87. The molecular weight excluding hydrogens is 397 g/mol. The van der Waals surface area contributed by atoms with Crippen LogP contribution in [0.15, 0.2) is 36.4 Å². The van der Waals surface area contributed by atoms with Crippen LogP contribution in [0.25, 0.3) is 0 Å². The standard InChI is InChI=1S/C21H28FNO5S/c1-6-21(22)29(24,25)23(13-16-7-9-18(26-3)11-15(16)2)14-17-8-10-19(27-4)12-20(17)28-5/h7-12,21H,6,13-14H2,1-5H3. The largest absolute Gasteiger partial charge is 0.497 e. The van der Waals surface area contributed by atoms with Crippen LogP contribution in [0.1, 0.15) is 30.0 Å². The van der Waals surface area contributed by atoms with E-state index in [1.165, 1.54) is 21.1 Å². The first-order chi connectivity index (χ1) is 13.8. The van der Waals surface area contributed by atoms with Gasteiger partial charge in [0.2, 0.25) is 15.5 Å². The Morgan fingerprint density at radius 2 is 1.48 bits per heavy atom. The second-order valence-electron chi connectivity index (χ2n) is 6.60. The molecule has 160 valence electrons. The molecule has 0 aliphatic carbocycles. The Morgan fingerprint density at radius 3 is 2.00 bits per heavy atom. The fraction of sp³-hybridized carbons (Fsp3) is 0.429. The van der Waals surface area contributed by atoms with Gasteiger partial charge in [0.15, 0.2) is 0 Å². The summed E-state index contributed by atoms with van der Waals surface area (Å²) >= 11 is 0. The number of nitrogens with zero attached hydrogens (tertiary/aromatic N) is 1. The molecular formula is C21H28FNO5S. The van der Waals surface area contributed by atoms with Crippen molar-refractivity contribution in [2.24, 2.45) is 0 Å². The van der Waals surface area contributed by atoms with Crippen molar-refractivity contribution in [3.63, 3.8) is 0 Å². The summed E-state index contributed by atoms with van der Waals surface area (Å²) in [5.74, 6) is 1.74. The number of hydrogen-bond donors (Lipinski definition) is 0. The Labute approximate surface area is 172 Å². The lowest BCUT2D eigenvalue weighted by atomic mass is 10.1. The first-order valence-electron chi connectivity index (χ1n) is 9.24. The fourth-order valence-corrected chi connectivity index (χ4v) is 4.33. The van der Waals surface area contributed by atoms with Crippen molar-refractivity contribution >= 4 is 10.0 Å². The van der Waals surface area contributed by atoms with Gasteiger partial charge in [-0.05, 0) is 42.7 Å². The molecule has 0 aliphatic rings. The highest BCUT2D eigenvalue weighted by molar-refractivity contribution is 7.89. The highest BCUT2D eigenvalue weighted by Crippen LogP contribution is 2.29. The van der Waals surface area contributed by atoms with Crippen molar-refractivity contribution in [1.82, 2.24) is 4.31 Å². The van der Waals surface area contributed by atoms with E-state index in [0.717, 1.165) is 15.4 Å². The summed E-state index contributed by atoms with van der Waals surface area (Å²) in [4.78, 5) is 0. The maximum atomic E-state index is 14.4. The van der Waals surface area contributed by atoms with Gasteiger partial charge < -0.3 is 14.2 Å². The monoisotopic (exact) mass is 425 g/mol. The van der Waals surface area contributed by atoms with E-state index >= 15 is 0 Å². The predicted molar refractivity (Wildman–Crippen MR) is 111 cm³/mol. The normalized spacial score (nSPS) is 12.7. The Hall–Kier alpha value is -2.32. The summed E-state index contributed by atoms with van der Waals surface area (Å²) in [6, 6.07) is 10.5. The van der Waals surface area contributed by atoms with E-state index in [1.807, 2.05) is 13.0 Å². The van der Waals surface area contributed by atoms with Crippen LogP contribution in [0.4, 0.5) is 4.39 Å². The number of aryl methyl sites for hydroxylation is 1. The van der Waals surface area contributed by atoms with E-state index in [9.17, 15) is 12.8 Å². The zero-order valence-electron chi connectivity index (χ0n) is 17.4. The van der Waals surface area contributed by atoms with Crippen molar-refractivity contribution in [3.05, 3.63) is 53.1 Å². The zero-order chi connectivity index (χ0) is 21.6. The molecule has 0 heterocycles. The predicted octanol–water partition coefficient (Wildman–Crippen LogP) is 4.06. The van der Waals surface area contributed by atoms with Gasteiger partial charge in [0.25, 0.3) is 0 Å². The van der Waals surface area contributed by atoms with Crippen molar-refractivity contribution < 1.29 is 27.0 Å². The molecule has 0 aromatic heterocycles. The minimum Gasteiger partial charge on any atom is -0.497 e. The molecule has 0 amide bonds. The second kappa shape index (κ2) is 9.93. The molecule has 0 saturated heterocycles. The number of benzene rings is 2. The van der Waals surface area contributed by atoms with Crippen LogP contribution in [-0.4, -0.2) is 39.6 Å². The van der Waals surface area contributed by atoms with Gasteiger partial charge in [0.1, 0.15) is 17.2 Å². The maximum Gasteiger partial charge on any atom is 0.247 e. The smallest absolute Gasteiger partial charge is 0.247 e. The van der Waals surface area contributed by atoms with Crippen molar-refractivity contribution in [1.29, 1.82) is 0 Å². The lowest BCUT2D eigenvalue weighted by molar-refractivity contribution is 0.335. The SMILES string of the molecule is CCC(F)S(=O)(=O)N(Cc1ccc(OC)cc1C)Cc1ccc(OC)cc1OC. The number of sulfonamides is 1. The van der Waals surface area contributed by atoms with Crippen molar-refractivity contribution in [3.8, 4) is 17.2 Å². The van der Waals surface area contributed by atoms with E-state index < -0.39 is 15.5 Å². The average molecular weight is 426 g/mol.